The normalized spacial score (nSPS) is 33.9. The molecule has 1 saturated carbocycles. The number of hydrogen-bond donors (Lipinski definition) is 1. The molecule has 55 heavy (non-hydrogen) atoms. The van der Waals surface area contributed by atoms with Crippen LogP contribution in [0.25, 0.3) is 0 Å². The highest BCUT2D eigenvalue weighted by molar-refractivity contribution is 7.90. The van der Waals surface area contributed by atoms with Gasteiger partial charge in [-0.05, 0) is 110 Å². The average molecular weight is 819 g/mol. The van der Waals surface area contributed by atoms with Crippen molar-refractivity contribution in [3.63, 3.8) is 0 Å². The van der Waals surface area contributed by atoms with Gasteiger partial charge in [0.1, 0.15) is 17.2 Å². The number of carbonyl (C=O) groups is 1. The molecule has 7 atom stereocenters. The van der Waals surface area contributed by atoms with Crippen molar-refractivity contribution in [1.29, 1.82) is 0 Å². The smallest absolute Gasteiger partial charge is 0.264 e. The first-order valence-electron chi connectivity index (χ1n) is 19.5. The van der Waals surface area contributed by atoms with Gasteiger partial charge in [0.2, 0.25) is 20.0 Å². The van der Waals surface area contributed by atoms with E-state index in [4.69, 9.17) is 21.1 Å². The summed E-state index contributed by atoms with van der Waals surface area (Å²) in [4.78, 5) is 18.3. The molecule has 1 spiro atoms. The first-order chi connectivity index (χ1) is 26.0. The zero-order valence-corrected chi connectivity index (χ0v) is 34.4. The maximum absolute atomic E-state index is 15.6. The van der Waals surface area contributed by atoms with Crippen LogP contribution >= 0.6 is 11.6 Å². The summed E-state index contributed by atoms with van der Waals surface area (Å²) in [5, 5.41) is -0.739. The lowest BCUT2D eigenvalue weighted by molar-refractivity contribution is -0.107. The second-order valence-corrected chi connectivity index (χ2v) is 21.4. The quantitative estimate of drug-likeness (QED) is 0.426. The maximum Gasteiger partial charge on any atom is 0.264 e. The summed E-state index contributed by atoms with van der Waals surface area (Å²) in [5.74, 6) is -0.466. The minimum absolute atomic E-state index is 0.0199. The molecule has 1 amide bonds. The molecule has 9 rings (SSSR count). The van der Waals surface area contributed by atoms with Crippen molar-refractivity contribution in [2.24, 2.45) is 23.7 Å². The first-order valence-corrected chi connectivity index (χ1v) is 23.3. The Hall–Kier alpha value is -2.75. The van der Waals surface area contributed by atoms with Gasteiger partial charge in [-0.3, -0.25) is 9.69 Å². The van der Waals surface area contributed by atoms with Crippen molar-refractivity contribution < 1.29 is 35.5 Å². The van der Waals surface area contributed by atoms with Gasteiger partial charge in [0.15, 0.2) is 0 Å². The van der Waals surface area contributed by atoms with Gasteiger partial charge in [-0.2, -0.15) is 4.31 Å². The number of ether oxygens (including phenoxy) is 2. The van der Waals surface area contributed by atoms with E-state index in [1.165, 1.54) is 10.6 Å². The van der Waals surface area contributed by atoms with Crippen LogP contribution in [0, 0.1) is 29.5 Å². The van der Waals surface area contributed by atoms with E-state index in [9.17, 15) is 21.6 Å². The molecule has 0 radical (unpaired) electrons. The molecular formula is C40H52ClFN4O7S2. The molecule has 0 unspecified atom stereocenters. The Labute approximate surface area is 329 Å². The van der Waals surface area contributed by atoms with Gasteiger partial charge in [-0.25, -0.2) is 25.9 Å². The highest BCUT2D eigenvalue weighted by Gasteiger charge is 2.55. The lowest BCUT2D eigenvalue weighted by Crippen LogP contribution is -2.62. The van der Waals surface area contributed by atoms with Gasteiger partial charge in [-0.15, -0.1) is 0 Å². The molecule has 11 nitrogen and oxygen atoms in total. The number of nitrogens with one attached hydrogen (secondary N) is 1. The van der Waals surface area contributed by atoms with Crippen LogP contribution in [-0.2, 0) is 36.6 Å². The molecule has 3 aliphatic carbocycles. The zero-order valence-electron chi connectivity index (χ0n) is 32.0. The molecule has 1 saturated heterocycles. The lowest BCUT2D eigenvalue weighted by atomic mass is 9.58. The summed E-state index contributed by atoms with van der Waals surface area (Å²) >= 11 is 6.29. The van der Waals surface area contributed by atoms with E-state index in [-0.39, 0.29) is 40.1 Å². The zero-order chi connectivity index (χ0) is 39.1. The number of benzene rings is 2. The number of rotatable bonds is 4. The number of fused-ring (bicyclic) bond motifs is 6. The second kappa shape index (κ2) is 14.3. The van der Waals surface area contributed by atoms with Crippen molar-refractivity contribution in [2.75, 3.05) is 70.7 Å². The number of sulfonamides is 2. The Morgan fingerprint density at radius 2 is 1.85 bits per heavy atom. The van der Waals surface area contributed by atoms with Gasteiger partial charge >= 0.3 is 0 Å². The van der Waals surface area contributed by atoms with Crippen molar-refractivity contribution in [2.45, 2.75) is 68.6 Å². The fourth-order valence-electron chi connectivity index (χ4n) is 10.4. The predicted molar refractivity (Wildman–Crippen MR) is 210 cm³/mol. The number of piperazine rings is 1. The number of methoxy groups -OCH3 is 1. The SMILES string of the molecule is CO[C@@]1(CN2CCN(S(C)(=O)=O)CC2)C2=C[C@H](C2)[C@H](C)[C@@H](C)S(=O)(=O)NC(=O)c2ccc3c(c2)N(C[C@@H]2CC[C@H]21)C[C@@]1(CCCc2c1ccc(Cl)c2F)CO3. The topological polar surface area (TPSA) is 126 Å². The van der Waals surface area contributed by atoms with Crippen molar-refractivity contribution >= 4 is 43.2 Å². The average Bonchev–Trinajstić information content (AvgIpc) is 3.26. The number of hydrogen-bond acceptors (Lipinski definition) is 9. The third kappa shape index (κ3) is 6.80. The summed E-state index contributed by atoms with van der Waals surface area (Å²) in [7, 11) is -5.57. The summed E-state index contributed by atoms with van der Waals surface area (Å²) in [6.07, 6.45) is 8.14. The number of amides is 1. The number of nitrogens with zero attached hydrogens (tertiary/aromatic N) is 3. The van der Waals surface area contributed by atoms with E-state index < -0.39 is 42.2 Å². The number of anilines is 1. The fourth-order valence-corrected chi connectivity index (χ4v) is 12.7. The minimum atomic E-state index is -4.05. The van der Waals surface area contributed by atoms with Crippen molar-refractivity contribution in [3.05, 3.63) is 69.5 Å². The highest BCUT2D eigenvalue weighted by Crippen LogP contribution is 2.54. The van der Waals surface area contributed by atoms with Crippen LogP contribution in [0.15, 0.2) is 42.0 Å². The van der Waals surface area contributed by atoms with E-state index in [2.05, 4.69) is 20.6 Å². The molecule has 7 aliphatic rings. The summed E-state index contributed by atoms with van der Waals surface area (Å²) < 4.78 is 85.0. The Bertz CT molecular complexity index is 2130. The predicted octanol–water partition coefficient (Wildman–Crippen LogP) is 4.98. The second-order valence-electron chi connectivity index (χ2n) is 16.9. The monoisotopic (exact) mass is 818 g/mol. The summed E-state index contributed by atoms with van der Waals surface area (Å²) in [6.45, 7) is 7.61. The number of carbonyl (C=O) groups excluding carboxylic acids is 1. The molecule has 2 fully saturated rings. The molecule has 1 N–H and O–H groups in total. The Morgan fingerprint density at radius 1 is 1.11 bits per heavy atom. The van der Waals surface area contributed by atoms with Crippen LogP contribution in [0.5, 0.6) is 5.75 Å². The van der Waals surface area contributed by atoms with Crippen molar-refractivity contribution in [1.82, 2.24) is 13.9 Å². The minimum Gasteiger partial charge on any atom is -0.490 e. The van der Waals surface area contributed by atoms with E-state index in [1.54, 1.807) is 38.3 Å². The molecule has 0 aromatic heterocycles. The van der Waals surface area contributed by atoms with Crippen LogP contribution in [0.3, 0.4) is 0 Å². The molecule has 4 aliphatic heterocycles. The Kier molecular flexibility index (Phi) is 10.1. The largest absolute Gasteiger partial charge is 0.490 e. The number of halogens is 2. The third-order valence-corrected chi connectivity index (χ3v) is 17.5. The first kappa shape index (κ1) is 39.1. The molecular weight excluding hydrogens is 767 g/mol. The number of allylic oxidation sites excluding steroid dienone is 1. The maximum atomic E-state index is 15.6. The Balaban J connectivity index is 1.21. The summed E-state index contributed by atoms with van der Waals surface area (Å²) in [5.41, 5.74) is 2.36. The van der Waals surface area contributed by atoms with Crippen LogP contribution in [0.4, 0.5) is 10.1 Å². The van der Waals surface area contributed by atoms with Crippen molar-refractivity contribution in [3.8, 4) is 5.75 Å². The Morgan fingerprint density at radius 3 is 2.53 bits per heavy atom. The summed E-state index contributed by atoms with van der Waals surface area (Å²) in [6, 6.07) is 8.66. The van der Waals surface area contributed by atoms with Gasteiger partial charge in [0, 0.05) is 63.9 Å². The van der Waals surface area contributed by atoms with E-state index in [1.807, 2.05) is 13.0 Å². The van der Waals surface area contributed by atoms with Gasteiger partial charge < -0.3 is 14.4 Å². The van der Waals surface area contributed by atoms with Crippen LogP contribution in [0.1, 0.15) is 67.4 Å². The van der Waals surface area contributed by atoms with E-state index in [0.717, 1.165) is 36.8 Å². The van der Waals surface area contributed by atoms with E-state index in [0.29, 0.717) is 82.3 Å². The molecule has 300 valence electrons. The third-order valence-electron chi connectivity index (χ3n) is 14.1. The van der Waals surface area contributed by atoms with Crippen LogP contribution in [0.2, 0.25) is 5.02 Å². The molecule has 2 aromatic rings. The molecule has 4 bridgehead atoms. The highest BCUT2D eigenvalue weighted by atomic mass is 35.5. The fraction of sp³-hybridized carbons (Fsp3) is 0.625. The van der Waals surface area contributed by atoms with Gasteiger partial charge in [0.25, 0.3) is 5.91 Å². The molecule has 2 aromatic carbocycles. The van der Waals surface area contributed by atoms with Crippen LogP contribution in [-0.4, -0.2) is 109 Å². The van der Waals surface area contributed by atoms with Gasteiger partial charge in [-0.1, -0.05) is 30.7 Å². The molecule has 15 heteroatoms. The van der Waals surface area contributed by atoms with Gasteiger partial charge in [0.05, 0.1) is 28.8 Å². The lowest BCUT2D eigenvalue weighted by Gasteiger charge is -2.56. The standard InChI is InChI=1S/C40H52ClFN4O7S2/c1-25-26(2)55(50,51)43-38(47)27-8-12-36-35(20-27)45(22-39(24-53-36)13-5-6-31-33(39)10-11-34(41)37(31)42)21-28-7-9-32(28)40(52-3,30-18-29(25)19-30)23-44-14-16-46(17-15-44)54(4,48)49/h8,10-12,18,20,25-26,28-29,32H,5-7,9,13-17,19,21-24H2,1-4H3,(H,43,47)/t25-,26-,28+,29-,32-,39+,40+/m1/s1. The molecule has 4 heterocycles. The van der Waals surface area contributed by atoms with Crippen LogP contribution < -0.4 is 14.4 Å². The van der Waals surface area contributed by atoms with E-state index >= 15 is 4.39 Å².